The molecule has 0 spiro atoms. The molecule has 18 heavy (non-hydrogen) atoms. The lowest BCUT2D eigenvalue weighted by molar-refractivity contribution is 0.0312. The maximum Gasteiger partial charge on any atom is 0.193 e. The van der Waals surface area contributed by atoms with Crippen molar-refractivity contribution in [3.63, 3.8) is 0 Å². The highest BCUT2D eigenvalue weighted by Gasteiger charge is 2.15. The van der Waals surface area contributed by atoms with E-state index in [0.717, 1.165) is 5.69 Å². The van der Waals surface area contributed by atoms with E-state index in [-0.39, 0.29) is 29.6 Å². The van der Waals surface area contributed by atoms with Gasteiger partial charge in [-0.25, -0.2) is 0 Å². The van der Waals surface area contributed by atoms with Gasteiger partial charge in [0.25, 0.3) is 0 Å². The lowest BCUT2D eigenvalue weighted by Crippen LogP contribution is -2.30. The SMILES string of the molecule is COC(C)(C)CN=C(N)Nc1ccc(C)cc1.I. The summed E-state index contributed by atoms with van der Waals surface area (Å²) >= 11 is 0. The number of nitrogens with zero attached hydrogens (tertiary/aromatic N) is 1. The molecule has 5 heteroatoms. The van der Waals surface area contributed by atoms with Gasteiger partial charge in [-0.1, -0.05) is 17.7 Å². The first kappa shape index (κ1) is 17.2. The third-order valence-corrected chi connectivity index (χ3v) is 2.51. The van der Waals surface area contributed by atoms with Crippen molar-refractivity contribution in [3.05, 3.63) is 29.8 Å². The van der Waals surface area contributed by atoms with E-state index < -0.39 is 0 Å². The van der Waals surface area contributed by atoms with Crippen LogP contribution in [-0.4, -0.2) is 25.2 Å². The number of rotatable bonds is 4. The number of methoxy groups -OCH3 is 1. The first-order valence-corrected chi connectivity index (χ1v) is 5.62. The minimum atomic E-state index is -0.292. The fourth-order valence-electron chi connectivity index (χ4n) is 1.16. The summed E-state index contributed by atoms with van der Waals surface area (Å²) in [4.78, 5) is 4.24. The second kappa shape index (κ2) is 7.58. The summed E-state index contributed by atoms with van der Waals surface area (Å²) in [6.07, 6.45) is 0. The van der Waals surface area contributed by atoms with Gasteiger partial charge in [0.05, 0.1) is 12.1 Å². The Morgan fingerprint density at radius 2 is 1.89 bits per heavy atom. The molecule has 4 nitrogen and oxygen atoms in total. The summed E-state index contributed by atoms with van der Waals surface area (Å²) in [5, 5.41) is 3.04. The molecule has 1 aromatic carbocycles. The van der Waals surface area contributed by atoms with Gasteiger partial charge >= 0.3 is 0 Å². The van der Waals surface area contributed by atoms with Gasteiger partial charge in [-0.05, 0) is 32.9 Å². The average Bonchev–Trinajstić information content (AvgIpc) is 2.30. The quantitative estimate of drug-likeness (QED) is 0.491. The van der Waals surface area contributed by atoms with Crippen LogP contribution in [-0.2, 0) is 4.74 Å². The second-order valence-electron chi connectivity index (χ2n) is 4.66. The number of hydrogen-bond acceptors (Lipinski definition) is 2. The molecule has 0 heterocycles. The Labute approximate surface area is 126 Å². The number of nitrogens with one attached hydrogen (secondary N) is 1. The van der Waals surface area contributed by atoms with Gasteiger partial charge in [0.1, 0.15) is 0 Å². The van der Waals surface area contributed by atoms with E-state index in [2.05, 4.69) is 10.3 Å². The van der Waals surface area contributed by atoms with E-state index in [9.17, 15) is 0 Å². The van der Waals surface area contributed by atoms with Crippen LogP contribution in [0.1, 0.15) is 19.4 Å². The molecule has 0 saturated heterocycles. The number of hydrogen-bond donors (Lipinski definition) is 2. The molecule has 3 N–H and O–H groups in total. The Hall–Kier alpha value is -0.820. The number of aryl methyl sites for hydroxylation is 1. The van der Waals surface area contributed by atoms with E-state index in [1.165, 1.54) is 5.56 Å². The van der Waals surface area contributed by atoms with E-state index in [1.807, 2.05) is 45.0 Å². The fraction of sp³-hybridized carbons (Fsp3) is 0.462. The number of nitrogens with two attached hydrogens (primary N) is 1. The molecule has 1 rings (SSSR count). The van der Waals surface area contributed by atoms with Gasteiger partial charge < -0.3 is 15.8 Å². The van der Waals surface area contributed by atoms with Gasteiger partial charge in [0.15, 0.2) is 5.96 Å². The van der Waals surface area contributed by atoms with E-state index in [1.54, 1.807) is 7.11 Å². The van der Waals surface area contributed by atoms with Gasteiger partial charge in [-0.15, -0.1) is 24.0 Å². The molecule has 0 atom stereocenters. The maximum atomic E-state index is 5.79. The van der Waals surface area contributed by atoms with Crippen molar-refractivity contribution in [1.29, 1.82) is 0 Å². The largest absolute Gasteiger partial charge is 0.377 e. The zero-order valence-corrected chi connectivity index (χ0v) is 13.7. The highest BCUT2D eigenvalue weighted by atomic mass is 127. The van der Waals surface area contributed by atoms with Gasteiger partial charge in [-0.2, -0.15) is 0 Å². The van der Waals surface area contributed by atoms with Crippen molar-refractivity contribution in [2.24, 2.45) is 10.7 Å². The topological polar surface area (TPSA) is 59.6 Å². The van der Waals surface area contributed by atoms with Crippen LogP contribution in [0.5, 0.6) is 0 Å². The summed E-state index contributed by atoms with van der Waals surface area (Å²) in [7, 11) is 1.67. The Balaban J connectivity index is 0.00000289. The summed E-state index contributed by atoms with van der Waals surface area (Å²) < 4.78 is 5.26. The minimum Gasteiger partial charge on any atom is -0.377 e. The number of guanidine groups is 1. The van der Waals surface area contributed by atoms with Crippen LogP contribution >= 0.6 is 24.0 Å². The van der Waals surface area contributed by atoms with E-state index in [4.69, 9.17) is 10.5 Å². The molecule has 0 unspecified atom stereocenters. The third kappa shape index (κ3) is 6.20. The molecule has 1 aromatic rings. The van der Waals surface area contributed by atoms with E-state index >= 15 is 0 Å². The van der Waals surface area contributed by atoms with E-state index in [0.29, 0.717) is 12.5 Å². The molecule has 0 fully saturated rings. The van der Waals surface area contributed by atoms with Crippen molar-refractivity contribution in [2.75, 3.05) is 19.0 Å². The highest BCUT2D eigenvalue weighted by molar-refractivity contribution is 14.0. The van der Waals surface area contributed by atoms with Gasteiger partial charge in [-0.3, -0.25) is 4.99 Å². The molecule has 0 bridgehead atoms. The monoisotopic (exact) mass is 363 g/mol. The van der Waals surface area contributed by atoms with Crippen molar-refractivity contribution < 1.29 is 4.74 Å². The molecular formula is C13H22IN3O. The highest BCUT2D eigenvalue weighted by Crippen LogP contribution is 2.09. The predicted octanol–water partition coefficient (Wildman–Crippen LogP) is 2.76. The molecule has 0 aromatic heterocycles. The molecule has 0 aliphatic heterocycles. The molecule has 0 aliphatic rings. The van der Waals surface area contributed by atoms with Crippen LogP contribution in [0.15, 0.2) is 29.3 Å². The number of ether oxygens (including phenoxy) is 1. The third-order valence-electron chi connectivity index (χ3n) is 2.51. The van der Waals surface area contributed by atoms with Crippen molar-refractivity contribution in [2.45, 2.75) is 26.4 Å². The second-order valence-corrected chi connectivity index (χ2v) is 4.66. The normalized spacial score (nSPS) is 11.9. The minimum absolute atomic E-state index is 0. The standard InChI is InChI=1S/C13H21N3O.HI/c1-10-5-7-11(8-6-10)16-12(14)15-9-13(2,3)17-4;/h5-8H,9H2,1-4H3,(H3,14,15,16);1H. The smallest absolute Gasteiger partial charge is 0.193 e. The molecule has 0 radical (unpaired) electrons. The van der Waals surface area contributed by atoms with Crippen molar-refractivity contribution >= 4 is 35.6 Å². The molecule has 102 valence electrons. The number of halogens is 1. The van der Waals surface area contributed by atoms with Crippen LogP contribution < -0.4 is 11.1 Å². The molecule has 0 saturated carbocycles. The lowest BCUT2D eigenvalue weighted by Gasteiger charge is -2.20. The first-order chi connectivity index (χ1) is 7.93. The van der Waals surface area contributed by atoms with Crippen molar-refractivity contribution in [1.82, 2.24) is 0 Å². The summed E-state index contributed by atoms with van der Waals surface area (Å²) in [5.41, 5.74) is 7.65. The van der Waals surface area contributed by atoms with Crippen LogP contribution in [0.2, 0.25) is 0 Å². The van der Waals surface area contributed by atoms with Crippen LogP contribution in [0, 0.1) is 6.92 Å². The van der Waals surface area contributed by atoms with Crippen LogP contribution in [0.3, 0.4) is 0 Å². The Kier molecular flexibility index (Phi) is 7.23. The Bertz CT molecular complexity index is 388. The molecule has 0 amide bonds. The van der Waals surface area contributed by atoms with Crippen LogP contribution in [0.25, 0.3) is 0 Å². The number of aliphatic imine (C=N–C) groups is 1. The Morgan fingerprint density at radius 3 is 2.39 bits per heavy atom. The fourth-order valence-corrected chi connectivity index (χ4v) is 1.16. The Morgan fingerprint density at radius 1 is 1.33 bits per heavy atom. The first-order valence-electron chi connectivity index (χ1n) is 5.62. The number of anilines is 1. The zero-order chi connectivity index (χ0) is 12.9. The number of benzene rings is 1. The zero-order valence-electron chi connectivity index (χ0n) is 11.4. The summed E-state index contributed by atoms with van der Waals surface area (Å²) in [6.45, 7) is 6.50. The predicted molar refractivity (Wildman–Crippen MR) is 87.8 cm³/mol. The van der Waals surface area contributed by atoms with Gasteiger partial charge in [0.2, 0.25) is 0 Å². The van der Waals surface area contributed by atoms with Crippen molar-refractivity contribution in [3.8, 4) is 0 Å². The summed E-state index contributed by atoms with van der Waals surface area (Å²) in [5.74, 6) is 0.402. The summed E-state index contributed by atoms with van der Waals surface area (Å²) in [6, 6.07) is 7.99. The molecule has 0 aliphatic carbocycles. The van der Waals surface area contributed by atoms with Crippen LogP contribution in [0.4, 0.5) is 5.69 Å². The maximum absolute atomic E-state index is 5.79. The van der Waals surface area contributed by atoms with Gasteiger partial charge in [0, 0.05) is 12.8 Å². The average molecular weight is 363 g/mol. The molecular weight excluding hydrogens is 341 g/mol. The lowest BCUT2D eigenvalue weighted by atomic mass is 10.1.